The van der Waals surface area contributed by atoms with Crippen molar-refractivity contribution < 1.29 is 1070 Å². The van der Waals surface area contributed by atoms with E-state index in [1.54, 1.807) is 0 Å². The number of hydrogen-bond acceptors (Lipinski definition) is 0. The molecule has 0 saturated carbocycles. The van der Waals surface area contributed by atoms with E-state index in [2.05, 4.69) is 0 Å². The molecule has 0 spiro atoms. The van der Waals surface area contributed by atoms with E-state index in [9.17, 15) is 0 Å². The molecule has 0 unspecified atom stereocenters. The molecule has 0 N–H and O–H groups in total. The summed E-state index contributed by atoms with van der Waals surface area (Å²) in [4.78, 5) is 0. The topological polar surface area (TPSA) is 0 Å². The molecule has 0 aromatic carbocycles. The van der Waals surface area contributed by atoms with Crippen LogP contribution in [0.15, 0.2) is 0 Å². The van der Waals surface area contributed by atoms with Gasteiger partial charge in [-0.15, -0.1) is 0 Å². The van der Waals surface area contributed by atoms with Crippen molar-refractivity contribution in [3.8, 4) is 0 Å². The van der Waals surface area contributed by atoms with Crippen LogP contribution in [-0.4, -0.2) is 0 Å². The van der Waals surface area contributed by atoms with E-state index in [1.807, 2.05) is 0 Å². The normalized spacial score (nSPS) is 0. The maximum atomic E-state index is 0. The van der Waals surface area contributed by atoms with Crippen LogP contribution in [0.4, 0.5) is 0 Å². The zero-order valence-corrected chi connectivity index (χ0v) is 170. The van der Waals surface area contributed by atoms with Crippen LogP contribution in [0.1, 0.15) is 0 Å². The third kappa shape index (κ3) is 477. The van der Waals surface area contributed by atoms with E-state index in [4.69, 9.17) is 0 Å². The molecule has 0 atom stereocenters. The van der Waals surface area contributed by atoms with Gasteiger partial charge >= 0.3 is 0 Å². The number of rotatable bonds is 0. The smallest absolute Gasteiger partial charge is 0 e. The second kappa shape index (κ2) is 489. The van der Waals surface area contributed by atoms with Crippen molar-refractivity contribution in [2.24, 2.45) is 0 Å². The summed E-state index contributed by atoms with van der Waals surface area (Å²) < 4.78 is 0. The minimum atomic E-state index is 0. The summed E-state index contributed by atoms with van der Waals surface area (Å²) in [6, 6.07) is 0. The molecule has 0 aliphatic carbocycles. The van der Waals surface area contributed by atoms with Gasteiger partial charge in [-0.05, 0) is 0 Å². The van der Waals surface area contributed by atoms with Gasteiger partial charge in [0.2, 0.25) is 0 Å². The van der Waals surface area contributed by atoms with Crippen LogP contribution in [-0.2, 0) is 1070 Å². The Hall–Kier alpha value is 35.1. The Labute approximate surface area is 1040 Å². The largest absolute Gasteiger partial charge is 0 e. The molecular weight excluding hydrogens is 9380 g/mol. The Kier molecular flexibility index (Phi) is 4850. The van der Waals surface area contributed by atoms with Crippen molar-refractivity contribution in [2.45, 2.75) is 0 Å². The molecule has 0 aromatic rings. The maximum absolute atomic E-state index is 0. The van der Waals surface area contributed by atoms with Crippen molar-refractivity contribution in [3.63, 3.8) is 0 Å². The van der Waals surface area contributed by atoms with Gasteiger partial charge in [0.05, 0.1) is 0 Å². The van der Waals surface area contributed by atoms with Gasteiger partial charge in [0.15, 0.2) is 0 Å². The van der Waals surface area contributed by atoms with Gasteiger partial charge in [-0.1, -0.05) is 0 Å². The Balaban J connectivity index is 0. The molecule has 0 aliphatic heterocycles. The van der Waals surface area contributed by atoms with Gasteiger partial charge in [-0.3, -0.25) is 0 Å². The fourth-order valence-corrected chi connectivity index (χ4v) is 0. The van der Waals surface area contributed by atoms with Gasteiger partial charge in [0.1, 0.15) is 0 Å². The molecule has 0 bridgehead atoms. The van der Waals surface area contributed by atoms with Crippen LogP contribution in [0, 0.1) is 0 Å². The van der Waals surface area contributed by atoms with Crippen molar-refractivity contribution in [1.29, 1.82) is 0 Å². The van der Waals surface area contributed by atoms with E-state index >= 15 is 0 Å². The van der Waals surface area contributed by atoms with Crippen LogP contribution in [0.25, 0.3) is 0 Å². The molecule has 0 rings (SSSR count). The molecule has 51 heavy (non-hydrogen) atoms. The average Bonchev–Trinajstić information content (AvgIpc) is 0. The van der Waals surface area contributed by atoms with E-state index in [0.717, 1.165) is 0 Å². The molecule has 0 aliphatic rings. The summed E-state index contributed by atoms with van der Waals surface area (Å²) >= 11 is 0. The molecule has 0 heterocycles. The predicted molar refractivity (Wildman–Crippen MR) is 0 cm³/mol. The van der Waals surface area contributed by atoms with Crippen molar-refractivity contribution >= 4 is 0 Å². The molecule has 0 aromatic heterocycles. The van der Waals surface area contributed by atoms with Crippen LogP contribution < -0.4 is 0 Å². The SMILES string of the molecule is [W].[W].[W].[W].[W].[W].[W].[W].[W].[W].[W].[W].[W].[W].[W].[W].[W].[W].[W].[W].[W].[W].[W].[W].[W].[W].[W].[W].[W].[W].[W].[W].[W].[W].[W].[W].[W].[W].[W].[W].[W].[W].[W].[W].[W].[W].[W].[W].[W].[W].[W]. The van der Waals surface area contributed by atoms with Gasteiger partial charge in [-0.2, -0.15) is 0 Å². The summed E-state index contributed by atoms with van der Waals surface area (Å²) in [5, 5.41) is 0. The Morgan fingerprint density at radius 2 is 0.0196 bits per heavy atom. The van der Waals surface area contributed by atoms with E-state index in [0.29, 0.717) is 0 Å². The Bertz CT molecular complexity index is 0. The van der Waals surface area contributed by atoms with Crippen molar-refractivity contribution in [2.75, 3.05) is 0 Å². The van der Waals surface area contributed by atoms with Gasteiger partial charge in [0.25, 0.3) is 0 Å². The molecule has 0 radical (unpaired) electrons. The molecule has 0 saturated heterocycles. The summed E-state index contributed by atoms with van der Waals surface area (Å²) in [5.74, 6) is 0. The van der Waals surface area contributed by atoms with Gasteiger partial charge in [-0.25, -0.2) is 0 Å². The standard InChI is InChI=1S/51W. The summed E-state index contributed by atoms with van der Waals surface area (Å²) in [6.07, 6.45) is 0. The summed E-state index contributed by atoms with van der Waals surface area (Å²) in [5.41, 5.74) is 0. The van der Waals surface area contributed by atoms with E-state index < -0.39 is 0 Å². The third-order valence-electron chi connectivity index (χ3n) is 0. The molecular formula is W51. The van der Waals surface area contributed by atoms with Gasteiger partial charge in [0, 0.05) is 1070 Å². The van der Waals surface area contributed by atoms with Crippen LogP contribution in [0.2, 0.25) is 0 Å². The van der Waals surface area contributed by atoms with Crippen LogP contribution in [0.5, 0.6) is 0 Å². The molecule has 306 valence electrons. The first-order valence-corrected chi connectivity index (χ1v) is 0. The fourth-order valence-electron chi connectivity index (χ4n) is 0. The van der Waals surface area contributed by atoms with E-state index in [1.165, 1.54) is 0 Å². The number of hydrogen-bond donors (Lipinski definition) is 0. The predicted octanol–water partition coefficient (Wildman–Crippen LogP) is -0.128. The Morgan fingerprint density at radius 1 is 0.0196 bits per heavy atom. The molecule has 0 nitrogen and oxygen atoms in total. The zero-order chi connectivity index (χ0) is 0. The van der Waals surface area contributed by atoms with Crippen molar-refractivity contribution in [3.05, 3.63) is 0 Å². The first kappa shape index (κ1) is 506. The molecule has 51 heteroatoms. The van der Waals surface area contributed by atoms with Crippen LogP contribution in [0.3, 0.4) is 0 Å². The average molecular weight is 9380 g/mol. The minimum Gasteiger partial charge on any atom is 0 e. The second-order valence-electron chi connectivity index (χ2n) is 0. The maximum Gasteiger partial charge on any atom is 0 e. The molecule has 0 amide bonds. The second-order valence-corrected chi connectivity index (χ2v) is 0. The fraction of sp³-hybridized carbons (Fsp3) is 0. The summed E-state index contributed by atoms with van der Waals surface area (Å²) in [7, 11) is 0. The first-order chi connectivity index (χ1) is 0. The van der Waals surface area contributed by atoms with Crippen LogP contribution >= 0.6 is 0 Å². The Morgan fingerprint density at radius 3 is 0.0196 bits per heavy atom. The minimum absolute atomic E-state index is 0. The quantitative estimate of drug-likeness (QED) is 0.318. The zero-order valence-electron chi connectivity index (χ0n) is 20.8. The van der Waals surface area contributed by atoms with Gasteiger partial charge < -0.3 is 0 Å². The van der Waals surface area contributed by atoms with Crippen molar-refractivity contribution in [1.82, 2.24) is 0 Å². The first-order valence-electron chi connectivity index (χ1n) is 0. The summed E-state index contributed by atoms with van der Waals surface area (Å²) in [6.45, 7) is 0. The monoisotopic (exact) mass is 9380 g/mol. The third-order valence-corrected chi connectivity index (χ3v) is 0. The van der Waals surface area contributed by atoms with E-state index in [-0.39, 0.29) is 1070 Å². The molecule has 0 fully saturated rings.